The first kappa shape index (κ1) is 21.1. The fourth-order valence-electron chi connectivity index (χ4n) is 4.42. The quantitative estimate of drug-likeness (QED) is 0.649. The van der Waals surface area contributed by atoms with Crippen LogP contribution in [0.1, 0.15) is 51.4 Å². The smallest absolute Gasteiger partial charge is 0.243 e. The Morgan fingerprint density at radius 2 is 1.90 bits per heavy atom. The molecular formula is C23H31N3O3S. The number of aryl methyl sites for hydroxylation is 1. The summed E-state index contributed by atoms with van der Waals surface area (Å²) in [7, 11) is -3.41. The molecule has 6 nitrogen and oxygen atoms in total. The van der Waals surface area contributed by atoms with Crippen molar-refractivity contribution in [2.75, 3.05) is 19.6 Å². The lowest BCUT2D eigenvalue weighted by atomic mass is 9.97. The minimum Gasteiger partial charge on any atom is -0.356 e. The van der Waals surface area contributed by atoms with Crippen LogP contribution < -0.4 is 5.32 Å². The first-order valence-electron chi connectivity index (χ1n) is 11.1. The number of allylic oxidation sites excluding steroid dienone is 1. The van der Waals surface area contributed by atoms with E-state index in [1.54, 1.807) is 16.4 Å². The van der Waals surface area contributed by atoms with Crippen LogP contribution in [-0.4, -0.2) is 42.8 Å². The Morgan fingerprint density at radius 3 is 2.67 bits per heavy atom. The van der Waals surface area contributed by atoms with E-state index in [1.807, 2.05) is 22.9 Å². The predicted molar refractivity (Wildman–Crippen MR) is 119 cm³/mol. The van der Waals surface area contributed by atoms with E-state index in [0.717, 1.165) is 30.2 Å². The number of hydrogen-bond donors (Lipinski definition) is 1. The second kappa shape index (κ2) is 9.35. The predicted octanol–water partition coefficient (Wildman–Crippen LogP) is 3.82. The molecule has 0 radical (unpaired) electrons. The third-order valence-electron chi connectivity index (χ3n) is 6.18. The van der Waals surface area contributed by atoms with Gasteiger partial charge in [-0.15, -0.1) is 0 Å². The summed E-state index contributed by atoms with van der Waals surface area (Å²) >= 11 is 0. The second-order valence-corrected chi connectivity index (χ2v) is 10.2. The highest BCUT2D eigenvalue weighted by Gasteiger charge is 2.27. The van der Waals surface area contributed by atoms with Crippen LogP contribution in [0, 0.1) is 0 Å². The average Bonchev–Trinajstić information content (AvgIpc) is 3.43. The number of carbonyl (C=O) groups is 1. The Bertz CT molecular complexity index is 1030. The van der Waals surface area contributed by atoms with Gasteiger partial charge in [0.2, 0.25) is 15.9 Å². The van der Waals surface area contributed by atoms with Crippen molar-refractivity contribution in [1.29, 1.82) is 0 Å². The molecule has 0 spiro atoms. The molecule has 1 saturated heterocycles. The number of rotatable bonds is 8. The second-order valence-electron chi connectivity index (χ2n) is 8.30. The van der Waals surface area contributed by atoms with E-state index < -0.39 is 10.0 Å². The molecule has 2 aliphatic rings. The largest absolute Gasteiger partial charge is 0.356 e. The molecule has 30 heavy (non-hydrogen) atoms. The van der Waals surface area contributed by atoms with Crippen LogP contribution in [0.5, 0.6) is 0 Å². The molecule has 7 heteroatoms. The summed E-state index contributed by atoms with van der Waals surface area (Å²) in [6.45, 7) is 2.49. The van der Waals surface area contributed by atoms with Crippen LogP contribution >= 0.6 is 0 Å². The maximum Gasteiger partial charge on any atom is 0.243 e. The van der Waals surface area contributed by atoms with Crippen molar-refractivity contribution < 1.29 is 13.2 Å². The molecule has 1 aromatic carbocycles. The van der Waals surface area contributed by atoms with Gasteiger partial charge in [-0.25, -0.2) is 8.42 Å². The highest BCUT2D eigenvalue weighted by Crippen LogP contribution is 2.25. The number of hydrogen-bond acceptors (Lipinski definition) is 3. The van der Waals surface area contributed by atoms with Crippen molar-refractivity contribution in [1.82, 2.24) is 14.2 Å². The van der Waals surface area contributed by atoms with Crippen molar-refractivity contribution in [2.24, 2.45) is 0 Å². The van der Waals surface area contributed by atoms with Gasteiger partial charge in [-0.05, 0) is 69.2 Å². The Labute approximate surface area is 179 Å². The number of fused-ring (bicyclic) bond motifs is 1. The zero-order valence-corrected chi connectivity index (χ0v) is 18.3. The molecule has 162 valence electrons. The highest BCUT2D eigenvalue weighted by atomic mass is 32.2. The molecule has 1 aliphatic carbocycles. The Morgan fingerprint density at radius 1 is 1.07 bits per heavy atom. The van der Waals surface area contributed by atoms with Gasteiger partial charge in [0.1, 0.15) is 0 Å². The Kier molecular flexibility index (Phi) is 6.58. The number of carbonyl (C=O) groups excluding carboxylic acids is 1. The van der Waals surface area contributed by atoms with Gasteiger partial charge in [-0.2, -0.15) is 4.31 Å². The lowest BCUT2D eigenvalue weighted by molar-refractivity contribution is -0.121. The number of nitrogens with one attached hydrogen (secondary N) is 1. The van der Waals surface area contributed by atoms with E-state index in [0.29, 0.717) is 37.5 Å². The summed E-state index contributed by atoms with van der Waals surface area (Å²) in [5, 5.41) is 3.91. The average molecular weight is 430 g/mol. The third-order valence-corrected chi connectivity index (χ3v) is 8.07. The van der Waals surface area contributed by atoms with Crippen molar-refractivity contribution in [2.45, 2.75) is 62.8 Å². The third kappa shape index (κ3) is 4.78. The van der Waals surface area contributed by atoms with Gasteiger partial charge in [0.25, 0.3) is 0 Å². The van der Waals surface area contributed by atoms with E-state index in [2.05, 4.69) is 11.4 Å². The monoisotopic (exact) mass is 429 g/mol. The van der Waals surface area contributed by atoms with Crippen LogP contribution in [0.3, 0.4) is 0 Å². The van der Waals surface area contributed by atoms with Gasteiger partial charge < -0.3 is 9.88 Å². The molecule has 1 amide bonds. The zero-order chi connectivity index (χ0) is 21.0. The fourth-order valence-corrected chi connectivity index (χ4v) is 5.97. The van der Waals surface area contributed by atoms with Gasteiger partial charge in [-0.1, -0.05) is 11.6 Å². The summed E-state index contributed by atoms with van der Waals surface area (Å²) in [6, 6.07) is 7.21. The molecule has 1 fully saturated rings. The first-order chi connectivity index (χ1) is 14.5. The minimum atomic E-state index is -3.41. The number of aromatic nitrogens is 1. The van der Waals surface area contributed by atoms with Crippen LogP contribution in [-0.2, 0) is 21.4 Å². The number of amides is 1. The van der Waals surface area contributed by atoms with Crippen LogP contribution in [0.2, 0.25) is 0 Å². The lowest BCUT2D eigenvalue weighted by Gasteiger charge is -2.15. The molecule has 0 atom stereocenters. The molecule has 2 heterocycles. The Hall–Kier alpha value is -2.12. The number of benzene rings is 1. The lowest BCUT2D eigenvalue weighted by Crippen LogP contribution is -2.27. The van der Waals surface area contributed by atoms with E-state index in [9.17, 15) is 13.2 Å². The van der Waals surface area contributed by atoms with Crippen LogP contribution in [0.15, 0.2) is 47.0 Å². The van der Waals surface area contributed by atoms with E-state index in [4.69, 9.17) is 0 Å². The van der Waals surface area contributed by atoms with Crippen molar-refractivity contribution in [3.8, 4) is 0 Å². The van der Waals surface area contributed by atoms with Crippen molar-refractivity contribution in [3.05, 3.63) is 42.1 Å². The van der Waals surface area contributed by atoms with Crippen molar-refractivity contribution in [3.63, 3.8) is 0 Å². The Balaban J connectivity index is 1.33. The highest BCUT2D eigenvalue weighted by molar-refractivity contribution is 7.89. The van der Waals surface area contributed by atoms with Crippen LogP contribution in [0.25, 0.3) is 10.9 Å². The van der Waals surface area contributed by atoms with E-state index in [1.165, 1.54) is 31.3 Å². The molecule has 4 rings (SSSR count). The molecule has 0 bridgehead atoms. The number of sulfonamides is 1. The molecule has 2 aromatic rings. The normalized spacial score (nSPS) is 17.9. The maximum absolute atomic E-state index is 12.8. The van der Waals surface area contributed by atoms with E-state index >= 15 is 0 Å². The standard InChI is InChI=1S/C23H31N3O3S/c27-23(24-13-10-19-6-2-1-3-7-19)12-17-25-16-11-20-18-21(8-9-22(20)25)30(28,29)26-14-4-5-15-26/h6,8-9,11,16,18H,1-5,7,10,12-15,17H2,(H,24,27). The van der Waals surface area contributed by atoms with Crippen molar-refractivity contribution >= 4 is 26.8 Å². The fraction of sp³-hybridized carbons (Fsp3) is 0.522. The summed E-state index contributed by atoms with van der Waals surface area (Å²) in [5.41, 5.74) is 2.42. The van der Waals surface area contributed by atoms with Gasteiger partial charge in [-0.3, -0.25) is 4.79 Å². The van der Waals surface area contributed by atoms with Crippen LogP contribution in [0.4, 0.5) is 0 Å². The summed E-state index contributed by atoms with van der Waals surface area (Å²) in [6.07, 6.45) is 12.4. The minimum absolute atomic E-state index is 0.0569. The zero-order valence-electron chi connectivity index (χ0n) is 17.5. The number of nitrogens with zero attached hydrogens (tertiary/aromatic N) is 2. The molecule has 1 aromatic heterocycles. The first-order valence-corrected chi connectivity index (χ1v) is 12.5. The summed E-state index contributed by atoms with van der Waals surface area (Å²) in [5.74, 6) is 0.0569. The van der Waals surface area contributed by atoms with Gasteiger partial charge >= 0.3 is 0 Å². The summed E-state index contributed by atoms with van der Waals surface area (Å²) in [4.78, 5) is 12.6. The maximum atomic E-state index is 12.8. The molecule has 0 unspecified atom stereocenters. The van der Waals surface area contributed by atoms with E-state index in [-0.39, 0.29) is 5.91 Å². The summed E-state index contributed by atoms with van der Waals surface area (Å²) < 4.78 is 29.1. The molecular weight excluding hydrogens is 398 g/mol. The molecule has 1 N–H and O–H groups in total. The molecule has 1 aliphatic heterocycles. The topological polar surface area (TPSA) is 71.4 Å². The van der Waals surface area contributed by atoms with Gasteiger partial charge in [0, 0.05) is 49.7 Å². The van der Waals surface area contributed by atoms with Gasteiger partial charge in [0.15, 0.2) is 0 Å². The SMILES string of the molecule is O=C(CCn1ccc2cc(S(=O)(=O)N3CCCC3)ccc21)NCCC1=CCCCC1. The van der Waals surface area contributed by atoms with Gasteiger partial charge in [0.05, 0.1) is 4.90 Å². The molecule has 0 saturated carbocycles.